The highest BCUT2D eigenvalue weighted by molar-refractivity contribution is 5.73. The molecule has 1 saturated heterocycles. The Kier molecular flexibility index (Phi) is 2.90. The lowest BCUT2D eigenvalue weighted by Crippen LogP contribution is -2.28. The van der Waals surface area contributed by atoms with Gasteiger partial charge in [0.15, 0.2) is 0 Å². The smallest absolute Gasteiger partial charge is 0.465 e. The molecule has 0 saturated carbocycles. The van der Waals surface area contributed by atoms with Gasteiger partial charge in [-0.2, -0.15) is 0 Å². The Bertz CT molecular complexity index is 188. The minimum Gasteiger partial charge on any atom is -0.465 e. The summed E-state index contributed by atoms with van der Waals surface area (Å²) in [6, 6.07) is 0. The van der Waals surface area contributed by atoms with Crippen molar-refractivity contribution in [3.8, 4) is 0 Å². The first-order valence-corrected chi connectivity index (χ1v) is 3.72. The van der Waals surface area contributed by atoms with Crippen LogP contribution in [-0.2, 0) is 14.3 Å². The lowest BCUT2D eigenvalue weighted by Gasteiger charge is -2.19. The Balaban J connectivity index is 2.29. The second-order valence-corrected chi connectivity index (χ2v) is 2.58. The van der Waals surface area contributed by atoms with Crippen LogP contribution in [0.25, 0.3) is 0 Å². The van der Waals surface area contributed by atoms with Gasteiger partial charge in [-0.3, -0.25) is 4.79 Å². The second kappa shape index (κ2) is 3.94. The predicted molar refractivity (Wildman–Crippen MR) is 37.7 cm³/mol. The van der Waals surface area contributed by atoms with Crippen molar-refractivity contribution in [2.75, 3.05) is 13.2 Å². The third-order valence-electron chi connectivity index (χ3n) is 1.68. The molecule has 1 aliphatic rings. The van der Waals surface area contributed by atoms with Crippen molar-refractivity contribution in [3.63, 3.8) is 0 Å². The first-order valence-electron chi connectivity index (χ1n) is 3.72. The van der Waals surface area contributed by atoms with Crippen LogP contribution in [0, 0.1) is 5.92 Å². The SMILES string of the molecule is O=C(O)OCC1CCCOC1=O. The summed E-state index contributed by atoms with van der Waals surface area (Å²) in [6.45, 7) is 0.344. The van der Waals surface area contributed by atoms with Gasteiger partial charge in [-0.15, -0.1) is 0 Å². The average molecular weight is 174 g/mol. The monoisotopic (exact) mass is 174 g/mol. The lowest BCUT2D eigenvalue weighted by molar-refractivity contribution is -0.154. The van der Waals surface area contributed by atoms with E-state index in [2.05, 4.69) is 4.74 Å². The van der Waals surface area contributed by atoms with Gasteiger partial charge in [0.25, 0.3) is 0 Å². The zero-order valence-corrected chi connectivity index (χ0v) is 6.49. The van der Waals surface area contributed by atoms with Gasteiger partial charge in [0.1, 0.15) is 6.61 Å². The fraction of sp³-hybridized carbons (Fsp3) is 0.714. The molecule has 12 heavy (non-hydrogen) atoms. The van der Waals surface area contributed by atoms with E-state index in [4.69, 9.17) is 9.84 Å². The molecule has 0 aromatic rings. The topological polar surface area (TPSA) is 72.8 Å². The summed E-state index contributed by atoms with van der Waals surface area (Å²) in [5.74, 6) is -0.766. The Morgan fingerprint density at radius 3 is 3.08 bits per heavy atom. The number of carbonyl (C=O) groups excluding carboxylic acids is 1. The molecule has 1 aliphatic heterocycles. The van der Waals surface area contributed by atoms with E-state index >= 15 is 0 Å². The van der Waals surface area contributed by atoms with Crippen molar-refractivity contribution in [1.29, 1.82) is 0 Å². The van der Waals surface area contributed by atoms with Crippen LogP contribution in [0.15, 0.2) is 0 Å². The first kappa shape index (κ1) is 8.83. The van der Waals surface area contributed by atoms with Crippen LogP contribution in [0.2, 0.25) is 0 Å². The molecule has 68 valence electrons. The molecule has 0 bridgehead atoms. The molecule has 0 aromatic carbocycles. The summed E-state index contributed by atoms with van der Waals surface area (Å²) >= 11 is 0. The molecular formula is C7H10O5. The molecule has 1 rings (SSSR count). The number of rotatable bonds is 2. The van der Waals surface area contributed by atoms with Gasteiger partial charge >= 0.3 is 12.1 Å². The van der Waals surface area contributed by atoms with E-state index in [1.54, 1.807) is 0 Å². The van der Waals surface area contributed by atoms with Gasteiger partial charge in [-0.25, -0.2) is 4.79 Å². The maximum atomic E-state index is 10.9. The highest BCUT2D eigenvalue weighted by atomic mass is 16.7. The van der Waals surface area contributed by atoms with E-state index in [9.17, 15) is 9.59 Å². The molecule has 1 N–H and O–H groups in total. The fourth-order valence-corrected chi connectivity index (χ4v) is 1.06. The molecule has 5 heteroatoms. The number of ether oxygens (including phenoxy) is 2. The van der Waals surface area contributed by atoms with Crippen molar-refractivity contribution in [2.45, 2.75) is 12.8 Å². The number of carbonyl (C=O) groups is 2. The van der Waals surface area contributed by atoms with E-state index in [1.807, 2.05) is 0 Å². The van der Waals surface area contributed by atoms with Crippen LogP contribution >= 0.6 is 0 Å². The van der Waals surface area contributed by atoms with Gasteiger partial charge in [0.05, 0.1) is 12.5 Å². The third kappa shape index (κ3) is 2.41. The maximum Gasteiger partial charge on any atom is 0.505 e. The van der Waals surface area contributed by atoms with Crippen LogP contribution in [-0.4, -0.2) is 30.4 Å². The minimum atomic E-state index is -1.35. The molecule has 1 unspecified atom stereocenters. The summed E-state index contributed by atoms with van der Waals surface area (Å²) in [5.41, 5.74) is 0. The van der Waals surface area contributed by atoms with E-state index in [0.717, 1.165) is 6.42 Å². The van der Waals surface area contributed by atoms with Gasteiger partial charge in [-0.1, -0.05) is 0 Å². The Morgan fingerprint density at radius 1 is 1.75 bits per heavy atom. The molecule has 1 fully saturated rings. The van der Waals surface area contributed by atoms with Crippen LogP contribution in [0.5, 0.6) is 0 Å². The largest absolute Gasteiger partial charge is 0.505 e. The highest BCUT2D eigenvalue weighted by Gasteiger charge is 2.25. The van der Waals surface area contributed by atoms with Crippen LogP contribution in [0.1, 0.15) is 12.8 Å². The van der Waals surface area contributed by atoms with Gasteiger partial charge < -0.3 is 14.6 Å². The van der Waals surface area contributed by atoms with Crippen LogP contribution in [0.4, 0.5) is 4.79 Å². The summed E-state index contributed by atoms with van der Waals surface area (Å²) in [5, 5.41) is 8.16. The predicted octanol–water partition coefficient (Wildman–Crippen LogP) is 0.634. The Hall–Kier alpha value is -1.26. The molecule has 0 aliphatic carbocycles. The van der Waals surface area contributed by atoms with Crippen molar-refractivity contribution < 1.29 is 24.2 Å². The normalized spacial score (nSPS) is 23.0. The summed E-state index contributed by atoms with van der Waals surface area (Å²) in [4.78, 5) is 20.9. The molecule has 5 nitrogen and oxygen atoms in total. The van der Waals surface area contributed by atoms with Crippen LogP contribution < -0.4 is 0 Å². The summed E-state index contributed by atoms with van der Waals surface area (Å²) in [7, 11) is 0. The van der Waals surface area contributed by atoms with E-state index in [-0.39, 0.29) is 12.6 Å². The van der Waals surface area contributed by atoms with Gasteiger partial charge in [0.2, 0.25) is 0 Å². The molecule has 0 amide bonds. The van der Waals surface area contributed by atoms with E-state index in [1.165, 1.54) is 0 Å². The molecule has 0 aromatic heterocycles. The van der Waals surface area contributed by atoms with Gasteiger partial charge in [0, 0.05) is 0 Å². The average Bonchev–Trinajstić information content (AvgIpc) is 2.03. The molecule has 0 spiro atoms. The number of hydrogen-bond donors (Lipinski definition) is 1. The zero-order chi connectivity index (χ0) is 8.97. The summed E-state index contributed by atoms with van der Waals surface area (Å²) < 4.78 is 8.98. The summed E-state index contributed by atoms with van der Waals surface area (Å²) in [6.07, 6.45) is 0.0688. The van der Waals surface area contributed by atoms with Crippen molar-refractivity contribution in [3.05, 3.63) is 0 Å². The number of cyclic esters (lactones) is 1. The fourth-order valence-electron chi connectivity index (χ4n) is 1.06. The molecule has 1 atom stereocenters. The Labute approximate surface area is 69.3 Å². The number of carboxylic acid groups (broad SMARTS) is 1. The lowest BCUT2D eigenvalue weighted by atomic mass is 10.0. The minimum absolute atomic E-state index is 0.0891. The van der Waals surface area contributed by atoms with Crippen LogP contribution in [0.3, 0.4) is 0 Å². The molecular weight excluding hydrogens is 164 g/mol. The second-order valence-electron chi connectivity index (χ2n) is 2.58. The van der Waals surface area contributed by atoms with E-state index < -0.39 is 12.1 Å². The maximum absolute atomic E-state index is 10.9. The van der Waals surface area contributed by atoms with Gasteiger partial charge in [-0.05, 0) is 12.8 Å². The number of esters is 1. The molecule has 0 radical (unpaired) electrons. The van der Waals surface area contributed by atoms with E-state index in [0.29, 0.717) is 13.0 Å². The third-order valence-corrected chi connectivity index (χ3v) is 1.68. The molecule has 1 heterocycles. The zero-order valence-electron chi connectivity index (χ0n) is 6.49. The first-order chi connectivity index (χ1) is 5.70. The van der Waals surface area contributed by atoms with Crippen molar-refractivity contribution in [1.82, 2.24) is 0 Å². The Morgan fingerprint density at radius 2 is 2.50 bits per heavy atom. The quantitative estimate of drug-likeness (QED) is 0.621. The number of hydrogen-bond acceptors (Lipinski definition) is 4. The standard InChI is InChI=1S/C7H10O5/c8-6-5(2-1-3-11-6)4-12-7(9)10/h5H,1-4H2,(H,9,10). The highest BCUT2D eigenvalue weighted by Crippen LogP contribution is 2.15. The van der Waals surface area contributed by atoms with Crippen molar-refractivity contribution >= 4 is 12.1 Å². The van der Waals surface area contributed by atoms with Crippen molar-refractivity contribution in [2.24, 2.45) is 5.92 Å².